The summed E-state index contributed by atoms with van der Waals surface area (Å²) >= 11 is 6.23. The van der Waals surface area contributed by atoms with Crippen LogP contribution >= 0.6 is 11.6 Å². The van der Waals surface area contributed by atoms with Gasteiger partial charge in [0.05, 0.1) is 39.5 Å². The first-order valence-corrected chi connectivity index (χ1v) is 10.6. The molecule has 8 nitrogen and oxygen atoms in total. The highest BCUT2D eigenvalue weighted by Crippen LogP contribution is 2.53. The molecule has 0 spiro atoms. The molecule has 3 amide bonds. The molecule has 1 aliphatic heterocycles. The normalized spacial score (nSPS) is 25.3. The largest absolute Gasteiger partial charge is 0.274 e. The first kappa shape index (κ1) is 20.4. The van der Waals surface area contributed by atoms with E-state index in [1.54, 1.807) is 18.2 Å². The highest BCUT2D eigenvalue weighted by atomic mass is 35.5. The van der Waals surface area contributed by atoms with Crippen LogP contribution in [0.15, 0.2) is 60.7 Å². The van der Waals surface area contributed by atoms with Crippen LogP contribution in [0, 0.1) is 33.8 Å². The molecular formula is C23H18ClN3O5. The van der Waals surface area contributed by atoms with E-state index < -0.39 is 34.5 Å². The average molecular weight is 452 g/mol. The maximum Gasteiger partial charge on any atom is 0.274 e. The maximum atomic E-state index is 13.5. The summed E-state index contributed by atoms with van der Waals surface area (Å²) in [6.45, 7) is -0.319. The first-order chi connectivity index (χ1) is 15.4. The van der Waals surface area contributed by atoms with Crippen LogP contribution in [0.2, 0.25) is 5.02 Å². The van der Waals surface area contributed by atoms with Crippen molar-refractivity contribution in [2.24, 2.45) is 23.7 Å². The van der Waals surface area contributed by atoms with Gasteiger partial charge in [-0.05, 0) is 30.4 Å². The van der Waals surface area contributed by atoms with Crippen molar-refractivity contribution in [3.63, 3.8) is 0 Å². The fraction of sp³-hybridized carbons (Fsp3) is 0.261. The molecule has 1 heterocycles. The van der Waals surface area contributed by atoms with Gasteiger partial charge in [0, 0.05) is 6.07 Å². The molecule has 4 atom stereocenters. The second kappa shape index (κ2) is 7.56. The summed E-state index contributed by atoms with van der Waals surface area (Å²) in [5.41, 5.74) is 0.105. The Morgan fingerprint density at radius 3 is 2.25 bits per heavy atom. The second-order valence-corrected chi connectivity index (χ2v) is 8.62. The zero-order chi connectivity index (χ0) is 22.6. The second-order valence-electron chi connectivity index (χ2n) is 8.22. The summed E-state index contributed by atoms with van der Waals surface area (Å²) in [7, 11) is 0. The molecule has 162 valence electrons. The summed E-state index contributed by atoms with van der Waals surface area (Å²) in [5.74, 6) is -2.65. The number of imide groups is 1. The Hall–Kier alpha value is -3.52. The minimum absolute atomic E-state index is 0.0326. The maximum absolute atomic E-state index is 13.5. The molecule has 0 radical (unpaired) electrons. The van der Waals surface area contributed by atoms with E-state index in [4.69, 9.17) is 11.6 Å². The Morgan fingerprint density at radius 2 is 1.62 bits per heavy atom. The van der Waals surface area contributed by atoms with Gasteiger partial charge >= 0.3 is 0 Å². The molecule has 2 bridgehead atoms. The molecule has 2 aliphatic carbocycles. The summed E-state index contributed by atoms with van der Waals surface area (Å²) in [5, 5.41) is 13.6. The van der Waals surface area contributed by atoms with E-state index in [0.29, 0.717) is 0 Å². The molecule has 2 aromatic carbocycles. The number of rotatable bonds is 5. The number of halogens is 1. The number of nitrogens with zero attached hydrogens (tertiary/aromatic N) is 3. The minimum Gasteiger partial charge on any atom is -0.272 e. The van der Waals surface area contributed by atoms with Gasteiger partial charge in [-0.1, -0.05) is 54.1 Å². The number of hydrogen-bond acceptors (Lipinski definition) is 5. The zero-order valence-corrected chi connectivity index (χ0v) is 17.5. The van der Waals surface area contributed by atoms with E-state index >= 15 is 0 Å². The SMILES string of the molecule is O=C(c1ccccc1Cl)N(Cc1ccccc1[N+](=O)[O-])N1C(=O)[C@@H]2[C@@H](C1=O)[C@H]1C=C[C@H]2C1. The van der Waals surface area contributed by atoms with E-state index in [1.807, 2.05) is 12.2 Å². The van der Waals surface area contributed by atoms with E-state index in [1.165, 1.54) is 30.3 Å². The number of hydrogen-bond donors (Lipinski definition) is 0. The minimum atomic E-state index is -0.671. The molecule has 2 fully saturated rings. The van der Waals surface area contributed by atoms with Crippen molar-refractivity contribution in [1.29, 1.82) is 0 Å². The lowest BCUT2D eigenvalue weighted by Crippen LogP contribution is -2.50. The van der Waals surface area contributed by atoms with Crippen LogP contribution in [-0.4, -0.2) is 32.7 Å². The van der Waals surface area contributed by atoms with Crippen molar-refractivity contribution >= 4 is 35.0 Å². The van der Waals surface area contributed by atoms with Crippen molar-refractivity contribution in [2.75, 3.05) is 0 Å². The van der Waals surface area contributed by atoms with Crippen LogP contribution in [0.5, 0.6) is 0 Å². The summed E-state index contributed by atoms with van der Waals surface area (Å²) < 4.78 is 0. The van der Waals surface area contributed by atoms with Gasteiger partial charge in [0.1, 0.15) is 0 Å². The molecule has 1 saturated heterocycles. The number of amides is 3. The van der Waals surface area contributed by atoms with Crippen molar-refractivity contribution in [3.8, 4) is 0 Å². The van der Waals surface area contributed by atoms with Gasteiger partial charge in [-0.2, -0.15) is 5.01 Å². The Kier molecular flexibility index (Phi) is 4.82. The van der Waals surface area contributed by atoms with Crippen LogP contribution in [0.4, 0.5) is 5.69 Å². The van der Waals surface area contributed by atoms with Gasteiger partial charge in [0.25, 0.3) is 23.4 Å². The summed E-state index contributed by atoms with van der Waals surface area (Å²) in [6, 6.07) is 12.2. The molecule has 2 aromatic rings. The van der Waals surface area contributed by atoms with Gasteiger partial charge in [-0.25, -0.2) is 5.01 Å². The molecule has 0 N–H and O–H groups in total. The van der Waals surface area contributed by atoms with Gasteiger partial charge < -0.3 is 0 Å². The molecule has 9 heteroatoms. The summed E-state index contributed by atoms with van der Waals surface area (Å²) in [4.78, 5) is 51.2. The van der Waals surface area contributed by atoms with E-state index in [0.717, 1.165) is 16.4 Å². The third-order valence-corrected chi connectivity index (χ3v) is 6.87. The van der Waals surface area contributed by atoms with Crippen molar-refractivity contribution in [3.05, 3.63) is 86.9 Å². The van der Waals surface area contributed by atoms with E-state index in [9.17, 15) is 24.5 Å². The monoisotopic (exact) mass is 451 g/mol. The van der Waals surface area contributed by atoms with E-state index in [2.05, 4.69) is 0 Å². The van der Waals surface area contributed by atoms with Gasteiger partial charge in [0.2, 0.25) is 0 Å². The third-order valence-electron chi connectivity index (χ3n) is 6.54. The Balaban J connectivity index is 1.57. The molecule has 1 saturated carbocycles. The number of benzene rings is 2. The predicted molar refractivity (Wildman–Crippen MR) is 114 cm³/mol. The fourth-order valence-electron chi connectivity index (χ4n) is 5.12. The van der Waals surface area contributed by atoms with Gasteiger partial charge in [-0.3, -0.25) is 24.5 Å². The lowest BCUT2D eigenvalue weighted by Gasteiger charge is -2.31. The standard InChI is InChI=1S/C23H18ClN3O5/c24-17-7-3-2-6-16(17)21(28)25(12-15-5-1-4-8-18(15)27(31)32)26-22(29)19-13-9-10-14(11-13)20(19)23(26)30/h1-10,13-14,19-20H,11-12H2/t13-,14-,19-,20-/m0/s1. The van der Waals surface area contributed by atoms with Gasteiger partial charge in [0.15, 0.2) is 0 Å². The topological polar surface area (TPSA) is 101 Å². The van der Waals surface area contributed by atoms with Crippen LogP contribution in [0.1, 0.15) is 22.3 Å². The van der Waals surface area contributed by atoms with Crippen LogP contribution in [0.25, 0.3) is 0 Å². The van der Waals surface area contributed by atoms with Crippen molar-refractivity contribution in [1.82, 2.24) is 10.0 Å². The summed E-state index contributed by atoms with van der Waals surface area (Å²) in [6.07, 6.45) is 4.68. The molecule has 5 rings (SSSR count). The van der Waals surface area contributed by atoms with Crippen molar-refractivity contribution in [2.45, 2.75) is 13.0 Å². The van der Waals surface area contributed by atoms with E-state index in [-0.39, 0.29) is 40.2 Å². The van der Waals surface area contributed by atoms with Crippen LogP contribution in [-0.2, 0) is 16.1 Å². The molecule has 3 aliphatic rings. The predicted octanol–water partition coefficient (Wildman–Crippen LogP) is 3.61. The molecule has 32 heavy (non-hydrogen) atoms. The number of fused-ring (bicyclic) bond motifs is 5. The first-order valence-electron chi connectivity index (χ1n) is 10.2. The third kappa shape index (κ3) is 3.02. The molecular weight excluding hydrogens is 434 g/mol. The van der Waals surface area contributed by atoms with Crippen LogP contribution in [0.3, 0.4) is 0 Å². The number of para-hydroxylation sites is 1. The highest BCUT2D eigenvalue weighted by Gasteiger charge is 2.61. The zero-order valence-electron chi connectivity index (χ0n) is 16.8. The number of hydrazine groups is 1. The Morgan fingerprint density at radius 1 is 1.03 bits per heavy atom. The van der Waals surface area contributed by atoms with Crippen molar-refractivity contribution < 1.29 is 19.3 Å². The highest BCUT2D eigenvalue weighted by molar-refractivity contribution is 6.33. The smallest absolute Gasteiger partial charge is 0.272 e. The number of carbonyl (C=O) groups excluding carboxylic acids is 3. The molecule has 0 aromatic heterocycles. The Bertz CT molecular complexity index is 1170. The number of nitro groups is 1. The molecule has 0 unspecified atom stereocenters. The lowest BCUT2D eigenvalue weighted by molar-refractivity contribution is -0.385. The Labute approximate surface area is 188 Å². The number of carbonyl (C=O) groups is 3. The number of allylic oxidation sites excluding steroid dienone is 2. The number of nitro benzene ring substituents is 1. The quantitative estimate of drug-likeness (QED) is 0.299. The van der Waals surface area contributed by atoms with Crippen LogP contribution < -0.4 is 0 Å². The average Bonchev–Trinajstić information content (AvgIpc) is 3.46. The lowest BCUT2D eigenvalue weighted by atomic mass is 9.85. The van der Waals surface area contributed by atoms with Gasteiger partial charge in [-0.15, -0.1) is 0 Å². The fourth-order valence-corrected chi connectivity index (χ4v) is 5.33.